The van der Waals surface area contributed by atoms with Crippen molar-refractivity contribution in [3.05, 3.63) is 23.6 Å². The largest absolute Gasteiger partial charge is 0.364 e. The molecule has 0 spiro atoms. The molecule has 9 heavy (non-hydrogen) atoms. The first-order valence-electron chi connectivity index (χ1n) is 2.84. The molecule has 0 fully saturated rings. The van der Waals surface area contributed by atoms with E-state index in [1.165, 1.54) is 5.57 Å². The maximum absolute atomic E-state index is 4.62. The van der Waals surface area contributed by atoms with Crippen molar-refractivity contribution in [3.8, 4) is 0 Å². The lowest BCUT2D eigenvalue weighted by atomic mass is 10.3. The van der Waals surface area contributed by atoms with Crippen molar-refractivity contribution in [1.82, 2.24) is 5.16 Å². The van der Waals surface area contributed by atoms with E-state index < -0.39 is 0 Å². The van der Waals surface area contributed by atoms with Gasteiger partial charge in [-0.1, -0.05) is 10.7 Å². The van der Waals surface area contributed by atoms with Crippen molar-refractivity contribution in [2.45, 2.75) is 13.8 Å². The van der Waals surface area contributed by atoms with E-state index in [2.05, 4.69) is 9.68 Å². The SMILES string of the molecule is CC(C)=Cc1ccon1. The van der Waals surface area contributed by atoms with Crippen LogP contribution in [0.3, 0.4) is 0 Å². The molecule has 48 valence electrons. The molecule has 0 aliphatic heterocycles. The molecule has 0 saturated carbocycles. The van der Waals surface area contributed by atoms with Gasteiger partial charge in [0, 0.05) is 6.07 Å². The second kappa shape index (κ2) is 2.49. The maximum Gasteiger partial charge on any atom is 0.124 e. The molecule has 1 aromatic rings. The molecular weight excluding hydrogens is 114 g/mol. The minimum Gasteiger partial charge on any atom is -0.364 e. The molecule has 2 heteroatoms. The number of rotatable bonds is 1. The first-order chi connectivity index (χ1) is 4.29. The summed E-state index contributed by atoms with van der Waals surface area (Å²) in [4.78, 5) is 0. The van der Waals surface area contributed by atoms with Crippen LogP contribution < -0.4 is 0 Å². The van der Waals surface area contributed by atoms with Gasteiger partial charge in [0.05, 0.1) is 0 Å². The second-order valence-electron chi connectivity index (χ2n) is 2.15. The van der Waals surface area contributed by atoms with Gasteiger partial charge in [0.1, 0.15) is 12.0 Å². The smallest absolute Gasteiger partial charge is 0.124 e. The Balaban J connectivity index is 2.80. The predicted molar refractivity (Wildman–Crippen MR) is 35.8 cm³/mol. The monoisotopic (exact) mass is 123 g/mol. The van der Waals surface area contributed by atoms with Crippen LogP contribution in [-0.4, -0.2) is 5.16 Å². The van der Waals surface area contributed by atoms with Crippen molar-refractivity contribution in [2.75, 3.05) is 0 Å². The summed E-state index contributed by atoms with van der Waals surface area (Å²) in [6.07, 6.45) is 3.53. The summed E-state index contributed by atoms with van der Waals surface area (Å²) >= 11 is 0. The summed E-state index contributed by atoms with van der Waals surface area (Å²) in [7, 11) is 0. The highest BCUT2D eigenvalue weighted by atomic mass is 16.5. The number of nitrogens with zero attached hydrogens (tertiary/aromatic N) is 1. The summed E-state index contributed by atoms with van der Waals surface area (Å²) in [6, 6.07) is 1.83. The number of allylic oxidation sites excluding steroid dienone is 1. The van der Waals surface area contributed by atoms with Crippen LogP contribution in [0.15, 0.2) is 22.4 Å². The van der Waals surface area contributed by atoms with Gasteiger partial charge >= 0.3 is 0 Å². The van der Waals surface area contributed by atoms with Crippen LogP contribution in [0.4, 0.5) is 0 Å². The molecule has 0 N–H and O–H groups in total. The lowest BCUT2D eigenvalue weighted by Crippen LogP contribution is -1.68. The molecule has 1 heterocycles. The van der Waals surface area contributed by atoms with E-state index in [1.807, 2.05) is 26.0 Å². The van der Waals surface area contributed by atoms with E-state index in [0.717, 1.165) is 5.69 Å². The summed E-state index contributed by atoms with van der Waals surface area (Å²) in [5.74, 6) is 0. The van der Waals surface area contributed by atoms with Gasteiger partial charge in [0.15, 0.2) is 0 Å². The molecule has 0 radical (unpaired) electrons. The van der Waals surface area contributed by atoms with Crippen molar-refractivity contribution >= 4 is 6.08 Å². The Morgan fingerprint density at radius 1 is 1.67 bits per heavy atom. The Morgan fingerprint density at radius 3 is 2.89 bits per heavy atom. The normalized spacial score (nSPS) is 9.11. The van der Waals surface area contributed by atoms with E-state index in [9.17, 15) is 0 Å². The van der Waals surface area contributed by atoms with Crippen LogP contribution in [0.2, 0.25) is 0 Å². The van der Waals surface area contributed by atoms with Gasteiger partial charge in [-0.25, -0.2) is 0 Å². The molecule has 0 unspecified atom stereocenters. The fourth-order valence-electron chi connectivity index (χ4n) is 0.592. The highest BCUT2D eigenvalue weighted by Gasteiger charge is 1.87. The van der Waals surface area contributed by atoms with Crippen LogP contribution >= 0.6 is 0 Å². The fraction of sp³-hybridized carbons (Fsp3) is 0.286. The standard InChI is InChI=1S/C7H9NO/c1-6(2)5-7-3-4-9-8-7/h3-5H,1-2H3. The Morgan fingerprint density at radius 2 is 2.44 bits per heavy atom. The molecule has 0 aromatic carbocycles. The van der Waals surface area contributed by atoms with Crippen LogP contribution in [0.5, 0.6) is 0 Å². The van der Waals surface area contributed by atoms with Gasteiger partial charge in [-0.05, 0) is 19.9 Å². The number of hydrogen-bond donors (Lipinski definition) is 0. The van der Waals surface area contributed by atoms with E-state index in [4.69, 9.17) is 0 Å². The number of hydrogen-bond acceptors (Lipinski definition) is 2. The molecule has 0 bridgehead atoms. The van der Waals surface area contributed by atoms with Crippen molar-refractivity contribution < 1.29 is 4.52 Å². The quantitative estimate of drug-likeness (QED) is 0.571. The molecule has 0 atom stereocenters. The Hall–Kier alpha value is -1.05. The first kappa shape index (κ1) is 6.08. The minimum absolute atomic E-state index is 0.884. The minimum atomic E-state index is 0.884. The third-order valence-electron chi connectivity index (χ3n) is 0.894. The molecule has 1 aromatic heterocycles. The van der Waals surface area contributed by atoms with Gasteiger partial charge in [0.25, 0.3) is 0 Å². The Labute approximate surface area is 54.2 Å². The zero-order chi connectivity index (χ0) is 6.69. The number of aromatic nitrogens is 1. The van der Waals surface area contributed by atoms with Crippen LogP contribution in [0, 0.1) is 0 Å². The highest BCUT2D eigenvalue weighted by molar-refractivity contribution is 5.45. The van der Waals surface area contributed by atoms with Gasteiger partial charge < -0.3 is 4.52 Å². The molecule has 0 amide bonds. The molecule has 1 rings (SSSR count). The zero-order valence-corrected chi connectivity index (χ0v) is 5.59. The summed E-state index contributed by atoms with van der Waals surface area (Å²) in [5, 5.41) is 3.70. The molecule has 0 aliphatic rings. The van der Waals surface area contributed by atoms with Crippen LogP contribution in [0.25, 0.3) is 6.08 Å². The lowest BCUT2D eigenvalue weighted by molar-refractivity contribution is 0.418. The van der Waals surface area contributed by atoms with Crippen molar-refractivity contribution in [2.24, 2.45) is 0 Å². The van der Waals surface area contributed by atoms with Gasteiger partial charge in [-0.2, -0.15) is 0 Å². The molecule has 0 saturated heterocycles. The summed E-state index contributed by atoms with van der Waals surface area (Å²) in [6.45, 7) is 4.04. The summed E-state index contributed by atoms with van der Waals surface area (Å²) in [5.41, 5.74) is 2.11. The third kappa shape index (κ3) is 1.72. The molecule has 2 nitrogen and oxygen atoms in total. The predicted octanol–water partition coefficient (Wildman–Crippen LogP) is 2.10. The average molecular weight is 123 g/mol. The van der Waals surface area contributed by atoms with Crippen LogP contribution in [-0.2, 0) is 0 Å². The van der Waals surface area contributed by atoms with Crippen molar-refractivity contribution in [3.63, 3.8) is 0 Å². The highest BCUT2D eigenvalue weighted by Crippen LogP contribution is 2.01. The van der Waals surface area contributed by atoms with E-state index in [-0.39, 0.29) is 0 Å². The first-order valence-corrected chi connectivity index (χ1v) is 2.84. The maximum atomic E-state index is 4.62. The topological polar surface area (TPSA) is 26.0 Å². The van der Waals surface area contributed by atoms with Crippen LogP contribution in [0.1, 0.15) is 19.5 Å². The fourth-order valence-corrected chi connectivity index (χ4v) is 0.592. The van der Waals surface area contributed by atoms with E-state index in [1.54, 1.807) is 6.26 Å². The lowest BCUT2D eigenvalue weighted by Gasteiger charge is -1.82. The summed E-state index contributed by atoms with van der Waals surface area (Å²) < 4.78 is 4.62. The van der Waals surface area contributed by atoms with E-state index in [0.29, 0.717) is 0 Å². The Bertz CT molecular complexity index is 195. The Kier molecular flexibility index (Phi) is 1.68. The third-order valence-corrected chi connectivity index (χ3v) is 0.894. The van der Waals surface area contributed by atoms with Gasteiger partial charge in [0.2, 0.25) is 0 Å². The van der Waals surface area contributed by atoms with Gasteiger partial charge in [-0.15, -0.1) is 0 Å². The van der Waals surface area contributed by atoms with E-state index >= 15 is 0 Å². The molecule has 0 aliphatic carbocycles. The second-order valence-corrected chi connectivity index (χ2v) is 2.15. The zero-order valence-electron chi connectivity index (χ0n) is 5.59. The van der Waals surface area contributed by atoms with Gasteiger partial charge in [-0.3, -0.25) is 0 Å². The van der Waals surface area contributed by atoms with Crippen molar-refractivity contribution in [1.29, 1.82) is 0 Å². The molecular formula is C7H9NO. The average Bonchev–Trinajstić information content (AvgIpc) is 2.15.